The molecule has 0 aromatic carbocycles. The van der Waals surface area contributed by atoms with Crippen LogP contribution in [0.4, 0.5) is 0 Å². The minimum atomic E-state index is -1.29. The largest absolute Gasteiger partial charge is 0.371 e. The van der Waals surface area contributed by atoms with Crippen molar-refractivity contribution in [3.63, 3.8) is 0 Å². The van der Waals surface area contributed by atoms with Gasteiger partial charge >= 0.3 is 0 Å². The molecule has 4 atom stereocenters. The first kappa shape index (κ1) is 23.2. The average Bonchev–Trinajstić information content (AvgIpc) is 2.70. The quantitative estimate of drug-likeness (QED) is 0.537. The first-order valence-electron chi connectivity index (χ1n) is 10.4. The Labute approximate surface area is 187 Å². The monoisotopic (exact) mass is 448 g/mol. The van der Waals surface area contributed by atoms with Gasteiger partial charge in [0.15, 0.2) is 12.3 Å². The number of ether oxygens (including phenoxy) is 1. The van der Waals surface area contributed by atoms with Crippen molar-refractivity contribution in [3.05, 3.63) is 47.7 Å². The molecule has 3 N–H and O–H groups in total. The summed E-state index contributed by atoms with van der Waals surface area (Å²) in [5, 5.41) is 15.7. The van der Waals surface area contributed by atoms with Gasteiger partial charge in [-0.3, -0.25) is 14.5 Å². The van der Waals surface area contributed by atoms with Gasteiger partial charge in [0.05, 0.1) is 29.8 Å². The predicted molar refractivity (Wildman–Crippen MR) is 119 cm³/mol. The van der Waals surface area contributed by atoms with Gasteiger partial charge in [-0.1, -0.05) is 30.4 Å². The number of halogens is 1. The SMILES string of the molecule is CC(=O)NC1C(=O)N(CC2=CCC(Cl)C=C2)/C(=N/C2=CCC(OC(C)C)C=C2)NC1O. The smallest absolute Gasteiger partial charge is 0.256 e. The third kappa shape index (κ3) is 6.29. The lowest BCUT2D eigenvalue weighted by atomic mass is 10.0. The number of nitrogens with one attached hydrogen (secondary N) is 2. The van der Waals surface area contributed by atoms with Crippen molar-refractivity contribution >= 4 is 29.4 Å². The van der Waals surface area contributed by atoms with Crippen molar-refractivity contribution in [2.45, 2.75) is 63.5 Å². The summed E-state index contributed by atoms with van der Waals surface area (Å²) in [7, 11) is 0. The van der Waals surface area contributed by atoms with Gasteiger partial charge in [0.2, 0.25) is 11.9 Å². The first-order chi connectivity index (χ1) is 14.7. The third-order valence-corrected chi connectivity index (χ3v) is 5.25. The van der Waals surface area contributed by atoms with Crippen LogP contribution in [0.3, 0.4) is 0 Å². The van der Waals surface area contributed by atoms with E-state index in [1.165, 1.54) is 11.8 Å². The minimum Gasteiger partial charge on any atom is -0.371 e. The zero-order valence-corrected chi connectivity index (χ0v) is 18.7. The van der Waals surface area contributed by atoms with Crippen LogP contribution < -0.4 is 10.6 Å². The number of hydrogen-bond acceptors (Lipinski definition) is 5. The van der Waals surface area contributed by atoms with Gasteiger partial charge in [-0.25, -0.2) is 4.99 Å². The van der Waals surface area contributed by atoms with Crippen LogP contribution in [0.1, 0.15) is 33.6 Å². The van der Waals surface area contributed by atoms with Crippen molar-refractivity contribution in [2.24, 2.45) is 4.99 Å². The number of nitrogens with zero attached hydrogens (tertiary/aromatic N) is 2. The van der Waals surface area contributed by atoms with E-state index in [4.69, 9.17) is 16.3 Å². The molecule has 1 fully saturated rings. The van der Waals surface area contributed by atoms with Crippen LogP contribution in [0.5, 0.6) is 0 Å². The number of alkyl halides is 1. The maximum atomic E-state index is 13.1. The van der Waals surface area contributed by atoms with Crippen LogP contribution >= 0.6 is 11.6 Å². The molecular formula is C22H29ClN4O4. The van der Waals surface area contributed by atoms with E-state index in [0.717, 1.165) is 5.57 Å². The molecule has 4 unspecified atom stereocenters. The van der Waals surface area contributed by atoms with E-state index in [0.29, 0.717) is 18.5 Å². The van der Waals surface area contributed by atoms with E-state index in [9.17, 15) is 14.7 Å². The average molecular weight is 449 g/mol. The summed E-state index contributed by atoms with van der Waals surface area (Å²) in [6.45, 7) is 5.50. The third-order valence-electron chi connectivity index (χ3n) is 4.93. The van der Waals surface area contributed by atoms with Crippen molar-refractivity contribution < 1.29 is 19.4 Å². The number of carbonyl (C=O) groups excluding carboxylic acids is 2. The number of carbonyl (C=O) groups is 2. The Morgan fingerprint density at radius 2 is 2.13 bits per heavy atom. The maximum Gasteiger partial charge on any atom is 0.256 e. The van der Waals surface area contributed by atoms with E-state index in [1.807, 2.05) is 50.3 Å². The van der Waals surface area contributed by atoms with Crippen molar-refractivity contribution in [1.29, 1.82) is 0 Å². The van der Waals surface area contributed by atoms with Crippen LogP contribution in [0.25, 0.3) is 0 Å². The van der Waals surface area contributed by atoms with Crippen LogP contribution in [0, 0.1) is 0 Å². The Morgan fingerprint density at radius 1 is 1.35 bits per heavy atom. The number of allylic oxidation sites excluding steroid dienone is 3. The number of rotatable bonds is 6. The Kier molecular flexibility index (Phi) is 7.69. The zero-order valence-electron chi connectivity index (χ0n) is 17.9. The fourth-order valence-corrected chi connectivity index (χ4v) is 3.65. The summed E-state index contributed by atoms with van der Waals surface area (Å²) in [6, 6.07) is -1.11. The van der Waals surface area contributed by atoms with E-state index in [1.54, 1.807) is 0 Å². The lowest BCUT2D eigenvalue weighted by Crippen LogP contribution is -2.68. The Morgan fingerprint density at radius 3 is 2.71 bits per heavy atom. The number of aliphatic imine (C=N–C) groups is 1. The second kappa shape index (κ2) is 10.3. The minimum absolute atomic E-state index is 0.0169. The highest BCUT2D eigenvalue weighted by Crippen LogP contribution is 2.20. The number of aliphatic hydroxyl groups excluding tert-OH is 1. The molecule has 0 aromatic rings. The molecule has 1 saturated heterocycles. The standard InChI is InChI=1S/C22H29ClN4O4/c1-13(2)31-18-10-8-17(9-11-18)25-22-26-20(29)19(24-14(3)28)21(30)27(22)12-15-4-6-16(23)7-5-15/h4-6,8-10,13,16,18-20,29H,7,11-12H2,1-3H3,(H,24,28)(H,25,26). The summed E-state index contributed by atoms with van der Waals surface area (Å²) in [6.07, 6.45) is 11.5. The molecule has 2 aliphatic carbocycles. The Bertz CT molecular complexity index is 862. The van der Waals surface area contributed by atoms with Crippen LogP contribution in [0.2, 0.25) is 0 Å². The lowest BCUT2D eigenvalue weighted by molar-refractivity contribution is -0.138. The van der Waals surface area contributed by atoms with E-state index in [-0.39, 0.29) is 30.1 Å². The molecular weight excluding hydrogens is 420 g/mol. The highest BCUT2D eigenvalue weighted by Gasteiger charge is 2.40. The van der Waals surface area contributed by atoms with Crippen LogP contribution in [0.15, 0.2) is 52.7 Å². The second-order valence-electron chi connectivity index (χ2n) is 7.96. The van der Waals surface area contributed by atoms with Crippen LogP contribution in [-0.4, -0.2) is 64.2 Å². The molecule has 9 heteroatoms. The Balaban J connectivity index is 1.82. The summed E-state index contributed by atoms with van der Waals surface area (Å²) in [5.41, 5.74) is 1.55. The second-order valence-corrected chi connectivity index (χ2v) is 8.52. The fourth-order valence-electron chi connectivity index (χ4n) is 3.49. The molecule has 31 heavy (non-hydrogen) atoms. The van der Waals surface area contributed by atoms with E-state index >= 15 is 0 Å². The first-order valence-corrected chi connectivity index (χ1v) is 10.8. The predicted octanol–water partition coefficient (Wildman–Crippen LogP) is 1.73. The zero-order chi connectivity index (χ0) is 22.5. The molecule has 1 heterocycles. The molecule has 168 valence electrons. The molecule has 3 aliphatic rings. The summed E-state index contributed by atoms with van der Waals surface area (Å²) < 4.78 is 5.78. The number of hydrogen-bond donors (Lipinski definition) is 3. The number of aliphatic hydroxyl groups is 1. The topological polar surface area (TPSA) is 103 Å². The van der Waals surface area contributed by atoms with E-state index < -0.39 is 24.1 Å². The summed E-state index contributed by atoms with van der Waals surface area (Å²) in [5.74, 6) is -0.625. The lowest BCUT2D eigenvalue weighted by Gasteiger charge is -2.38. The van der Waals surface area contributed by atoms with Crippen molar-refractivity contribution in [1.82, 2.24) is 15.5 Å². The molecule has 0 saturated carbocycles. The normalized spacial score (nSPS) is 29.7. The number of amides is 2. The van der Waals surface area contributed by atoms with Crippen molar-refractivity contribution in [2.75, 3.05) is 6.54 Å². The van der Waals surface area contributed by atoms with Crippen molar-refractivity contribution in [3.8, 4) is 0 Å². The summed E-state index contributed by atoms with van der Waals surface area (Å²) in [4.78, 5) is 30.7. The molecule has 0 radical (unpaired) electrons. The molecule has 1 aliphatic heterocycles. The summed E-state index contributed by atoms with van der Waals surface area (Å²) >= 11 is 6.10. The van der Waals surface area contributed by atoms with Gasteiger partial charge in [-0.15, -0.1) is 11.6 Å². The molecule has 0 aromatic heterocycles. The highest BCUT2D eigenvalue weighted by molar-refractivity contribution is 6.22. The molecule has 3 rings (SSSR count). The molecule has 2 amide bonds. The fraction of sp³-hybridized carbons (Fsp3) is 0.500. The molecule has 8 nitrogen and oxygen atoms in total. The Hall–Kier alpha value is -2.42. The van der Waals surface area contributed by atoms with E-state index in [2.05, 4.69) is 15.6 Å². The van der Waals surface area contributed by atoms with Gasteiger partial charge in [-0.2, -0.15) is 0 Å². The van der Waals surface area contributed by atoms with Gasteiger partial charge in [0.1, 0.15) is 0 Å². The molecule has 0 bridgehead atoms. The maximum absolute atomic E-state index is 13.1. The van der Waals surface area contributed by atoms with Gasteiger partial charge in [-0.05, 0) is 38.3 Å². The molecule has 0 spiro atoms. The van der Waals surface area contributed by atoms with Gasteiger partial charge in [0.25, 0.3) is 5.91 Å². The van der Waals surface area contributed by atoms with Gasteiger partial charge < -0.3 is 20.5 Å². The highest BCUT2D eigenvalue weighted by atomic mass is 35.5. The van der Waals surface area contributed by atoms with Gasteiger partial charge in [0, 0.05) is 6.92 Å². The number of guanidine groups is 1. The van der Waals surface area contributed by atoms with Crippen LogP contribution in [-0.2, 0) is 14.3 Å².